The number of rotatable bonds is 2. The normalized spacial score (nSPS) is 21.0. The van der Waals surface area contributed by atoms with E-state index >= 15 is 0 Å². The van der Waals surface area contributed by atoms with Crippen LogP contribution in [-0.4, -0.2) is 32.5 Å². The van der Waals surface area contributed by atoms with E-state index in [-0.39, 0.29) is 5.69 Å². The maximum atomic E-state index is 10.7. The van der Waals surface area contributed by atoms with Crippen molar-refractivity contribution in [2.24, 2.45) is 0 Å². The quantitative estimate of drug-likeness (QED) is 0.799. The van der Waals surface area contributed by atoms with Crippen molar-refractivity contribution < 1.29 is 9.90 Å². The molecular formula is C9H10N2O2S. The molecule has 14 heavy (non-hydrogen) atoms. The van der Waals surface area contributed by atoms with Gasteiger partial charge in [-0.1, -0.05) is 0 Å². The van der Waals surface area contributed by atoms with Crippen LogP contribution in [0.5, 0.6) is 0 Å². The van der Waals surface area contributed by atoms with E-state index in [2.05, 4.69) is 9.97 Å². The first-order valence-corrected chi connectivity index (χ1v) is 5.57. The summed E-state index contributed by atoms with van der Waals surface area (Å²) in [6.45, 7) is 0. The molecule has 1 N–H and O–H groups in total. The van der Waals surface area contributed by atoms with Gasteiger partial charge in [0, 0.05) is 17.9 Å². The van der Waals surface area contributed by atoms with Gasteiger partial charge in [-0.05, 0) is 18.2 Å². The van der Waals surface area contributed by atoms with E-state index in [1.807, 2.05) is 11.8 Å². The minimum Gasteiger partial charge on any atom is -0.477 e. The van der Waals surface area contributed by atoms with Crippen LogP contribution in [0.15, 0.2) is 12.3 Å². The van der Waals surface area contributed by atoms with Gasteiger partial charge in [0.1, 0.15) is 5.82 Å². The molecule has 1 aliphatic rings. The summed E-state index contributed by atoms with van der Waals surface area (Å²) < 4.78 is 0. The van der Waals surface area contributed by atoms with Gasteiger partial charge in [0.2, 0.25) is 0 Å². The molecule has 74 valence electrons. The Hall–Kier alpha value is -1.10. The van der Waals surface area contributed by atoms with E-state index in [0.29, 0.717) is 11.7 Å². The second-order valence-electron chi connectivity index (χ2n) is 3.17. The highest BCUT2D eigenvalue weighted by atomic mass is 32.2. The van der Waals surface area contributed by atoms with Gasteiger partial charge in [-0.3, -0.25) is 0 Å². The fraction of sp³-hybridized carbons (Fsp3) is 0.444. The molecule has 2 heterocycles. The van der Waals surface area contributed by atoms with Crippen molar-refractivity contribution in [3.63, 3.8) is 0 Å². The van der Waals surface area contributed by atoms with Gasteiger partial charge in [-0.25, -0.2) is 14.8 Å². The first-order valence-electron chi connectivity index (χ1n) is 4.41. The summed E-state index contributed by atoms with van der Waals surface area (Å²) in [7, 11) is 0. The number of thioether (sulfide) groups is 1. The highest BCUT2D eigenvalue weighted by molar-refractivity contribution is 7.99. The summed E-state index contributed by atoms with van der Waals surface area (Å²) in [6.07, 6.45) is 2.57. The van der Waals surface area contributed by atoms with Crippen LogP contribution in [0.4, 0.5) is 0 Å². The lowest BCUT2D eigenvalue weighted by atomic mass is 10.1. The Morgan fingerprint density at radius 2 is 2.50 bits per heavy atom. The third-order valence-electron chi connectivity index (χ3n) is 2.19. The minimum absolute atomic E-state index is 0.0897. The molecule has 1 atom stereocenters. The van der Waals surface area contributed by atoms with Crippen LogP contribution in [0.25, 0.3) is 0 Å². The molecule has 0 spiro atoms. The zero-order valence-corrected chi connectivity index (χ0v) is 8.33. The summed E-state index contributed by atoms with van der Waals surface area (Å²) in [5, 5.41) is 8.76. The largest absolute Gasteiger partial charge is 0.477 e. The fourth-order valence-corrected chi connectivity index (χ4v) is 2.65. The lowest BCUT2D eigenvalue weighted by Gasteiger charge is -2.05. The second-order valence-corrected chi connectivity index (χ2v) is 4.32. The van der Waals surface area contributed by atoms with Gasteiger partial charge < -0.3 is 5.11 Å². The third kappa shape index (κ3) is 1.87. The van der Waals surface area contributed by atoms with Gasteiger partial charge in [0.05, 0.1) is 0 Å². The molecule has 2 rings (SSSR count). The van der Waals surface area contributed by atoms with Crippen molar-refractivity contribution in [1.82, 2.24) is 9.97 Å². The van der Waals surface area contributed by atoms with Crippen LogP contribution in [0, 0.1) is 0 Å². The van der Waals surface area contributed by atoms with E-state index in [4.69, 9.17) is 5.11 Å². The van der Waals surface area contributed by atoms with Crippen molar-refractivity contribution in [3.8, 4) is 0 Å². The van der Waals surface area contributed by atoms with Gasteiger partial charge in [-0.2, -0.15) is 11.8 Å². The first kappa shape index (κ1) is 9.45. The molecule has 1 saturated heterocycles. The predicted molar refractivity (Wildman–Crippen MR) is 53.7 cm³/mol. The molecular weight excluding hydrogens is 200 g/mol. The van der Waals surface area contributed by atoms with Gasteiger partial charge >= 0.3 is 5.97 Å². The highest BCUT2D eigenvalue weighted by Crippen LogP contribution is 2.30. The number of carboxylic acid groups (broad SMARTS) is 1. The lowest BCUT2D eigenvalue weighted by molar-refractivity contribution is 0.0690. The highest BCUT2D eigenvalue weighted by Gasteiger charge is 2.20. The van der Waals surface area contributed by atoms with Crippen LogP contribution in [0.3, 0.4) is 0 Å². The minimum atomic E-state index is -0.987. The molecule has 0 saturated carbocycles. The molecule has 0 aliphatic carbocycles. The number of aromatic nitrogens is 2. The SMILES string of the molecule is O=C(O)c1ccnc(C2CCSC2)n1. The average Bonchev–Trinajstić information content (AvgIpc) is 2.71. The van der Waals surface area contributed by atoms with Gasteiger partial charge in [0.15, 0.2) is 5.69 Å². The lowest BCUT2D eigenvalue weighted by Crippen LogP contribution is -2.08. The Morgan fingerprint density at radius 3 is 3.14 bits per heavy atom. The van der Waals surface area contributed by atoms with Gasteiger partial charge in [0.25, 0.3) is 0 Å². The van der Waals surface area contributed by atoms with Crippen LogP contribution >= 0.6 is 11.8 Å². The molecule has 4 nitrogen and oxygen atoms in total. The summed E-state index contributed by atoms with van der Waals surface area (Å²) in [4.78, 5) is 18.8. The Kier molecular flexibility index (Phi) is 2.67. The standard InChI is InChI=1S/C9H10N2O2S/c12-9(13)7-1-3-10-8(11-7)6-2-4-14-5-6/h1,3,6H,2,4-5H2,(H,12,13). The number of nitrogens with zero attached hydrogens (tertiary/aromatic N) is 2. The third-order valence-corrected chi connectivity index (χ3v) is 3.35. The van der Waals surface area contributed by atoms with Crippen LogP contribution in [0.1, 0.15) is 28.7 Å². The molecule has 5 heteroatoms. The topological polar surface area (TPSA) is 63.1 Å². The van der Waals surface area contributed by atoms with E-state index in [0.717, 1.165) is 17.9 Å². The van der Waals surface area contributed by atoms with Crippen molar-refractivity contribution >= 4 is 17.7 Å². The molecule has 1 fully saturated rings. The Morgan fingerprint density at radius 1 is 1.64 bits per heavy atom. The van der Waals surface area contributed by atoms with E-state index in [1.165, 1.54) is 12.3 Å². The van der Waals surface area contributed by atoms with Crippen LogP contribution in [-0.2, 0) is 0 Å². The monoisotopic (exact) mass is 210 g/mol. The summed E-state index contributed by atoms with van der Waals surface area (Å²) in [5.74, 6) is 2.14. The summed E-state index contributed by atoms with van der Waals surface area (Å²) >= 11 is 1.86. The Balaban J connectivity index is 2.25. The fourth-order valence-electron chi connectivity index (χ4n) is 1.43. The summed E-state index contributed by atoms with van der Waals surface area (Å²) in [6, 6.07) is 1.42. The number of aromatic carboxylic acids is 1. The molecule has 1 aromatic heterocycles. The number of carboxylic acids is 1. The molecule has 1 aromatic rings. The Bertz CT molecular complexity index is 350. The zero-order valence-electron chi connectivity index (χ0n) is 7.51. The van der Waals surface area contributed by atoms with Gasteiger partial charge in [-0.15, -0.1) is 0 Å². The van der Waals surface area contributed by atoms with Crippen molar-refractivity contribution in [2.45, 2.75) is 12.3 Å². The molecule has 0 radical (unpaired) electrons. The number of hydrogen-bond acceptors (Lipinski definition) is 4. The van der Waals surface area contributed by atoms with E-state index in [9.17, 15) is 4.79 Å². The maximum absolute atomic E-state index is 10.7. The summed E-state index contributed by atoms with van der Waals surface area (Å²) in [5.41, 5.74) is 0.0897. The Labute approximate surface area is 85.8 Å². The molecule has 1 unspecified atom stereocenters. The predicted octanol–water partition coefficient (Wildman–Crippen LogP) is 1.40. The van der Waals surface area contributed by atoms with Crippen molar-refractivity contribution in [2.75, 3.05) is 11.5 Å². The number of hydrogen-bond donors (Lipinski definition) is 1. The molecule has 0 amide bonds. The first-order chi connectivity index (χ1) is 6.77. The van der Waals surface area contributed by atoms with Crippen LogP contribution in [0.2, 0.25) is 0 Å². The van der Waals surface area contributed by atoms with E-state index < -0.39 is 5.97 Å². The van der Waals surface area contributed by atoms with Crippen molar-refractivity contribution in [1.29, 1.82) is 0 Å². The van der Waals surface area contributed by atoms with Crippen LogP contribution < -0.4 is 0 Å². The van der Waals surface area contributed by atoms with E-state index in [1.54, 1.807) is 0 Å². The molecule has 0 aromatic carbocycles. The maximum Gasteiger partial charge on any atom is 0.354 e. The molecule has 1 aliphatic heterocycles. The second kappa shape index (κ2) is 3.96. The number of carbonyl (C=O) groups is 1. The zero-order chi connectivity index (χ0) is 9.97. The average molecular weight is 210 g/mol. The smallest absolute Gasteiger partial charge is 0.354 e. The molecule has 0 bridgehead atoms. The van der Waals surface area contributed by atoms with Crippen molar-refractivity contribution in [3.05, 3.63) is 23.8 Å².